The smallest absolute Gasteiger partial charge is 0.145 e. The minimum absolute atomic E-state index is 0.758. The van der Waals surface area contributed by atoms with Gasteiger partial charge in [-0.15, -0.1) is 0 Å². The Hall–Kier alpha value is -3.33. The summed E-state index contributed by atoms with van der Waals surface area (Å²) in [5, 5.41) is 2.35. The average molecular weight is 310 g/mol. The van der Waals surface area contributed by atoms with Crippen LogP contribution in [0.1, 0.15) is 0 Å². The predicted octanol–water partition coefficient (Wildman–Crippen LogP) is 5.27. The van der Waals surface area contributed by atoms with Crippen LogP contribution in [0.15, 0.2) is 79.6 Å². The first-order valence-electron chi connectivity index (χ1n) is 7.86. The molecule has 3 aromatic carbocycles. The Kier molecular flexibility index (Phi) is 2.65. The van der Waals surface area contributed by atoms with Gasteiger partial charge in [0.2, 0.25) is 0 Å². The molecule has 0 aliphatic heterocycles. The van der Waals surface area contributed by atoms with Crippen LogP contribution in [0.4, 0.5) is 0 Å². The van der Waals surface area contributed by atoms with Gasteiger partial charge in [-0.3, -0.25) is 4.40 Å². The van der Waals surface area contributed by atoms with Crippen molar-refractivity contribution < 1.29 is 4.74 Å². The van der Waals surface area contributed by atoms with Crippen molar-refractivity contribution in [2.45, 2.75) is 0 Å². The summed E-state index contributed by atoms with van der Waals surface area (Å²) in [6.45, 7) is 3.65. The molecule has 114 valence electrons. The van der Waals surface area contributed by atoms with Gasteiger partial charge in [0.05, 0.1) is 22.8 Å². The van der Waals surface area contributed by atoms with Crippen LogP contribution in [0.2, 0.25) is 0 Å². The lowest BCUT2D eigenvalue weighted by atomic mass is 10.1. The van der Waals surface area contributed by atoms with E-state index in [1.807, 2.05) is 24.3 Å². The molecule has 5 aromatic rings. The summed E-state index contributed by atoms with van der Waals surface area (Å²) in [5.74, 6) is 1.71. The number of imidazole rings is 1. The van der Waals surface area contributed by atoms with Crippen molar-refractivity contribution in [3.8, 4) is 17.1 Å². The molecule has 0 saturated carbocycles. The lowest BCUT2D eigenvalue weighted by Crippen LogP contribution is -1.87. The largest absolute Gasteiger partial charge is 0.466 e. The Morgan fingerprint density at radius 1 is 0.917 bits per heavy atom. The van der Waals surface area contributed by atoms with Crippen molar-refractivity contribution >= 4 is 27.3 Å². The van der Waals surface area contributed by atoms with Crippen molar-refractivity contribution in [1.29, 1.82) is 0 Å². The van der Waals surface area contributed by atoms with Gasteiger partial charge in [0.1, 0.15) is 11.6 Å². The highest BCUT2D eigenvalue weighted by Crippen LogP contribution is 2.38. The molecular formula is C21H14N2O. The lowest BCUT2D eigenvalue weighted by Gasteiger charge is -2.00. The second-order valence-corrected chi connectivity index (χ2v) is 5.78. The highest BCUT2D eigenvalue weighted by atomic mass is 16.5. The van der Waals surface area contributed by atoms with Gasteiger partial charge in [-0.05, 0) is 12.1 Å². The highest BCUT2D eigenvalue weighted by molar-refractivity contribution is 6.15. The third-order valence-corrected chi connectivity index (χ3v) is 4.41. The number of rotatable bonds is 3. The van der Waals surface area contributed by atoms with Crippen molar-refractivity contribution in [3.05, 3.63) is 79.6 Å². The van der Waals surface area contributed by atoms with Gasteiger partial charge in [0, 0.05) is 22.4 Å². The van der Waals surface area contributed by atoms with Gasteiger partial charge < -0.3 is 4.74 Å². The number of aromatic nitrogens is 2. The van der Waals surface area contributed by atoms with Crippen molar-refractivity contribution in [2.75, 3.05) is 0 Å². The first-order valence-corrected chi connectivity index (χ1v) is 7.86. The van der Waals surface area contributed by atoms with Crippen molar-refractivity contribution in [1.82, 2.24) is 9.38 Å². The molecule has 2 aromatic heterocycles. The van der Waals surface area contributed by atoms with Crippen LogP contribution >= 0.6 is 0 Å². The topological polar surface area (TPSA) is 26.5 Å². The molecule has 3 heteroatoms. The third kappa shape index (κ3) is 1.69. The SMILES string of the molecule is C=COc1cc2nc(-c3ccccc3)n3c4ccccc4c(c1)c23. The van der Waals surface area contributed by atoms with Gasteiger partial charge in [-0.1, -0.05) is 55.1 Å². The third-order valence-electron chi connectivity index (χ3n) is 4.41. The number of hydrogen-bond donors (Lipinski definition) is 0. The van der Waals surface area contributed by atoms with E-state index < -0.39 is 0 Å². The van der Waals surface area contributed by atoms with Gasteiger partial charge in [0.25, 0.3) is 0 Å². The minimum Gasteiger partial charge on any atom is -0.466 e. The Bertz CT molecular complexity index is 1190. The van der Waals surface area contributed by atoms with Crippen molar-refractivity contribution in [3.63, 3.8) is 0 Å². The normalized spacial score (nSPS) is 11.5. The highest BCUT2D eigenvalue weighted by Gasteiger charge is 2.19. The molecule has 0 spiro atoms. The molecule has 0 N–H and O–H groups in total. The molecule has 3 nitrogen and oxygen atoms in total. The molecular weight excluding hydrogens is 296 g/mol. The van der Waals surface area contributed by atoms with Crippen LogP contribution in [0.25, 0.3) is 38.7 Å². The summed E-state index contributed by atoms with van der Waals surface area (Å²) in [4.78, 5) is 4.89. The zero-order valence-electron chi connectivity index (χ0n) is 12.9. The van der Waals surface area contributed by atoms with E-state index in [0.29, 0.717) is 0 Å². The molecule has 0 atom stereocenters. The number of nitrogens with zero attached hydrogens (tertiary/aromatic N) is 2. The molecule has 0 unspecified atom stereocenters. The number of para-hydroxylation sites is 1. The molecule has 0 saturated heterocycles. The molecule has 24 heavy (non-hydrogen) atoms. The van der Waals surface area contributed by atoms with E-state index in [0.717, 1.165) is 39.1 Å². The second-order valence-electron chi connectivity index (χ2n) is 5.78. The van der Waals surface area contributed by atoms with Crippen LogP contribution in [0.3, 0.4) is 0 Å². The van der Waals surface area contributed by atoms with Crippen LogP contribution in [-0.2, 0) is 0 Å². The Labute approximate surface area is 138 Å². The predicted molar refractivity (Wildman–Crippen MR) is 97.7 cm³/mol. The number of benzene rings is 3. The van der Waals surface area contributed by atoms with Crippen LogP contribution in [-0.4, -0.2) is 9.38 Å². The molecule has 0 fully saturated rings. The van der Waals surface area contributed by atoms with E-state index in [4.69, 9.17) is 9.72 Å². The van der Waals surface area contributed by atoms with E-state index >= 15 is 0 Å². The maximum absolute atomic E-state index is 5.52. The number of ether oxygens (including phenoxy) is 1. The average Bonchev–Trinajstić information content (AvgIpc) is 3.16. The van der Waals surface area contributed by atoms with E-state index in [1.165, 1.54) is 11.6 Å². The fraction of sp³-hybridized carbons (Fsp3) is 0. The monoisotopic (exact) mass is 310 g/mol. The number of fused-ring (bicyclic) bond motifs is 3. The Balaban J connectivity index is 1.99. The van der Waals surface area contributed by atoms with Gasteiger partial charge >= 0.3 is 0 Å². The van der Waals surface area contributed by atoms with E-state index in [9.17, 15) is 0 Å². The van der Waals surface area contributed by atoms with Gasteiger partial charge in [-0.25, -0.2) is 4.98 Å². The molecule has 0 aliphatic rings. The maximum Gasteiger partial charge on any atom is 0.145 e. The molecule has 0 radical (unpaired) electrons. The minimum atomic E-state index is 0.758. The molecule has 0 amide bonds. The maximum atomic E-state index is 5.52. The van der Waals surface area contributed by atoms with Gasteiger partial charge in [0.15, 0.2) is 0 Å². The summed E-state index contributed by atoms with van der Waals surface area (Å²) in [5.41, 5.74) is 4.32. The molecule has 0 aliphatic carbocycles. The van der Waals surface area contributed by atoms with Crippen molar-refractivity contribution in [2.24, 2.45) is 0 Å². The summed E-state index contributed by atoms with van der Waals surface area (Å²) in [6.07, 6.45) is 1.45. The first-order chi connectivity index (χ1) is 11.9. The Morgan fingerprint density at radius 2 is 1.71 bits per heavy atom. The fourth-order valence-corrected chi connectivity index (χ4v) is 3.46. The van der Waals surface area contributed by atoms with Gasteiger partial charge in [-0.2, -0.15) is 0 Å². The first kappa shape index (κ1) is 13.1. The zero-order chi connectivity index (χ0) is 16.1. The summed E-state index contributed by atoms with van der Waals surface area (Å²) in [6, 6.07) is 22.7. The summed E-state index contributed by atoms with van der Waals surface area (Å²) < 4.78 is 7.77. The number of hydrogen-bond acceptors (Lipinski definition) is 2. The Morgan fingerprint density at radius 3 is 2.54 bits per heavy atom. The quantitative estimate of drug-likeness (QED) is 0.424. The summed E-state index contributed by atoms with van der Waals surface area (Å²) >= 11 is 0. The fourth-order valence-electron chi connectivity index (χ4n) is 3.46. The van der Waals surface area contributed by atoms with E-state index in [2.05, 4.69) is 53.4 Å². The molecule has 2 heterocycles. The van der Waals surface area contributed by atoms with Crippen LogP contribution < -0.4 is 4.74 Å². The second kappa shape index (κ2) is 4.83. The zero-order valence-corrected chi connectivity index (χ0v) is 12.9. The molecule has 0 bridgehead atoms. The van der Waals surface area contributed by atoms with E-state index in [-0.39, 0.29) is 0 Å². The lowest BCUT2D eigenvalue weighted by molar-refractivity contribution is 0.485. The van der Waals surface area contributed by atoms with Crippen LogP contribution in [0, 0.1) is 0 Å². The van der Waals surface area contributed by atoms with E-state index in [1.54, 1.807) is 0 Å². The summed E-state index contributed by atoms with van der Waals surface area (Å²) in [7, 11) is 0. The standard InChI is InChI=1S/C21H14N2O/c1-2-24-15-12-17-16-10-6-7-11-19(16)23-20(17)18(13-15)22-21(23)14-8-4-3-5-9-14/h2-13H,1H2. The molecule has 5 rings (SSSR count). The van der Waals surface area contributed by atoms with Crippen LogP contribution in [0.5, 0.6) is 5.75 Å².